The first-order valence-electron chi connectivity index (χ1n) is 13.8. The Bertz CT molecular complexity index is 1180. The molecule has 4 aliphatic rings. The van der Waals surface area contributed by atoms with E-state index in [1.807, 2.05) is 37.3 Å². The number of hydrogen-bond donors (Lipinski definition) is 1. The van der Waals surface area contributed by atoms with E-state index >= 15 is 4.39 Å². The number of para-hydroxylation sites is 1. The molecule has 6 nitrogen and oxygen atoms in total. The van der Waals surface area contributed by atoms with Crippen molar-refractivity contribution in [3.05, 3.63) is 54.1 Å². The zero-order chi connectivity index (χ0) is 27.3. The number of nitrogens with zero attached hydrogens (tertiary/aromatic N) is 1. The predicted molar refractivity (Wildman–Crippen MR) is 142 cm³/mol. The molecule has 3 aliphatic carbocycles. The Kier molecular flexibility index (Phi) is 6.87. The van der Waals surface area contributed by atoms with Crippen LogP contribution in [0.4, 0.5) is 10.1 Å². The zero-order valence-corrected chi connectivity index (χ0v) is 22.5. The average Bonchev–Trinajstić information content (AvgIpc) is 3.29. The van der Waals surface area contributed by atoms with Gasteiger partial charge in [-0.2, -0.15) is 0 Å². The number of aliphatic hydroxyl groups is 1. The Labute approximate surface area is 223 Å². The van der Waals surface area contributed by atoms with Gasteiger partial charge in [0.05, 0.1) is 11.5 Å². The Morgan fingerprint density at radius 2 is 1.87 bits per heavy atom. The summed E-state index contributed by atoms with van der Waals surface area (Å²) in [6, 6.07) is 9.93. The number of Topliss-reactive ketones (excluding diaryl/α,β-unsaturated/α-hetero) is 1. The van der Waals surface area contributed by atoms with E-state index in [9.17, 15) is 19.5 Å². The summed E-state index contributed by atoms with van der Waals surface area (Å²) in [6.45, 7) is 5.76. The van der Waals surface area contributed by atoms with E-state index in [1.54, 1.807) is 13.0 Å². The number of carbonyl (C=O) groups excluding carboxylic acids is 3. The molecule has 38 heavy (non-hydrogen) atoms. The molecule has 0 radical (unpaired) electrons. The molecule has 0 aromatic heterocycles. The molecule has 0 bridgehead atoms. The SMILES string of the molecule is CC(=O)OCC(=O)C12CN(c3ccccc3)CC1CCC1CCC3=CC(=O)C=CC3(C)C1(F)C(O)CC2C. The lowest BCUT2D eigenvalue weighted by Gasteiger charge is -2.54. The molecule has 204 valence electrons. The van der Waals surface area contributed by atoms with Gasteiger partial charge in [-0.1, -0.05) is 36.8 Å². The summed E-state index contributed by atoms with van der Waals surface area (Å²) in [4.78, 5) is 39.9. The lowest BCUT2D eigenvalue weighted by atomic mass is 9.53. The topological polar surface area (TPSA) is 83.9 Å². The number of anilines is 1. The molecule has 3 fully saturated rings. The van der Waals surface area contributed by atoms with Gasteiger partial charge in [-0.15, -0.1) is 0 Å². The van der Waals surface area contributed by atoms with Crippen molar-refractivity contribution in [1.82, 2.24) is 0 Å². The number of hydrogen-bond acceptors (Lipinski definition) is 6. The van der Waals surface area contributed by atoms with Crippen molar-refractivity contribution in [2.45, 2.75) is 64.6 Å². The third-order valence-corrected chi connectivity index (χ3v) is 10.2. The summed E-state index contributed by atoms with van der Waals surface area (Å²) in [5.74, 6) is -1.67. The Morgan fingerprint density at radius 1 is 1.16 bits per heavy atom. The zero-order valence-electron chi connectivity index (χ0n) is 22.5. The van der Waals surface area contributed by atoms with Crippen LogP contribution in [0.3, 0.4) is 0 Å². The van der Waals surface area contributed by atoms with Crippen molar-refractivity contribution in [3.8, 4) is 0 Å². The average molecular weight is 524 g/mol. The number of benzene rings is 1. The molecule has 7 heteroatoms. The normalized spacial score (nSPS) is 38.6. The van der Waals surface area contributed by atoms with Gasteiger partial charge < -0.3 is 14.7 Å². The third-order valence-electron chi connectivity index (χ3n) is 10.2. The fraction of sp³-hybridized carbons (Fsp3) is 0.581. The molecule has 7 unspecified atom stereocenters. The van der Waals surface area contributed by atoms with E-state index in [2.05, 4.69) is 4.90 Å². The summed E-state index contributed by atoms with van der Waals surface area (Å²) in [5.41, 5.74) is -2.17. The Morgan fingerprint density at radius 3 is 2.58 bits per heavy atom. The first kappa shape index (κ1) is 26.8. The van der Waals surface area contributed by atoms with E-state index in [0.717, 1.165) is 11.3 Å². The summed E-state index contributed by atoms with van der Waals surface area (Å²) in [6.07, 6.45) is 5.71. The minimum atomic E-state index is -1.96. The summed E-state index contributed by atoms with van der Waals surface area (Å²) >= 11 is 0. The minimum absolute atomic E-state index is 0.0801. The van der Waals surface area contributed by atoms with Crippen LogP contribution in [0.2, 0.25) is 0 Å². The molecule has 1 heterocycles. The van der Waals surface area contributed by atoms with E-state index < -0.39 is 34.5 Å². The molecule has 1 aliphatic heterocycles. The number of rotatable bonds is 4. The van der Waals surface area contributed by atoms with Crippen molar-refractivity contribution in [2.75, 3.05) is 24.6 Å². The van der Waals surface area contributed by atoms with Gasteiger partial charge in [0, 0.05) is 31.1 Å². The molecule has 1 saturated heterocycles. The second kappa shape index (κ2) is 9.74. The molecule has 0 spiro atoms. The summed E-state index contributed by atoms with van der Waals surface area (Å²) in [7, 11) is 0. The molecular weight excluding hydrogens is 485 g/mol. The van der Waals surface area contributed by atoms with Gasteiger partial charge in [0.15, 0.2) is 23.8 Å². The standard InChI is InChI=1S/C31H38FNO5/c1-20-15-27(36)31(32)22(9-11-23-16-26(35)13-14-29(23,31)3)10-12-24-17-33(25-7-5-4-6-8-25)19-30(20,24)28(37)18-38-21(2)34/h4-8,13-14,16,20,22,24,27,36H,9-12,15,17-19H2,1-3H3. The van der Waals surface area contributed by atoms with E-state index in [1.165, 1.54) is 19.1 Å². The number of esters is 1. The minimum Gasteiger partial charge on any atom is -0.458 e. The number of ketones is 2. The number of allylic oxidation sites excluding steroid dienone is 4. The summed E-state index contributed by atoms with van der Waals surface area (Å²) < 4.78 is 22.7. The van der Waals surface area contributed by atoms with Crippen molar-refractivity contribution in [1.29, 1.82) is 0 Å². The van der Waals surface area contributed by atoms with Crippen LogP contribution in [0.15, 0.2) is 54.1 Å². The number of ether oxygens (including phenoxy) is 1. The van der Waals surface area contributed by atoms with Crippen molar-refractivity contribution in [2.24, 2.45) is 28.6 Å². The quantitative estimate of drug-likeness (QED) is 0.581. The number of alkyl halides is 1. The number of fused-ring (bicyclic) bond motifs is 4. The van der Waals surface area contributed by atoms with Crippen molar-refractivity contribution < 1.29 is 28.6 Å². The lowest BCUT2D eigenvalue weighted by Crippen LogP contribution is -2.60. The second-order valence-electron chi connectivity index (χ2n) is 12.0. The highest BCUT2D eigenvalue weighted by Gasteiger charge is 2.64. The fourth-order valence-corrected chi connectivity index (χ4v) is 8.06. The van der Waals surface area contributed by atoms with Crippen LogP contribution >= 0.6 is 0 Å². The first-order valence-corrected chi connectivity index (χ1v) is 13.8. The molecule has 5 rings (SSSR count). The van der Waals surface area contributed by atoms with Crippen LogP contribution in [0, 0.1) is 28.6 Å². The van der Waals surface area contributed by atoms with Gasteiger partial charge in [0.2, 0.25) is 0 Å². The lowest BCUT2D eigenvalue weighted by molar-refractivity contribution is -0.152. The molecule has 7 atom stereocenters. The maximum atomic E-state index is 17.5. The largest absolute Gasteiger partial charge is 0.458 e. The van der Waals surface area contributed by atoms with Gasteiger partial charge in [-0.3, -0.25) is 14.4 Å². The molecule has 1 aromatic rings. The van der Waals surface area contributed by atoms with Gasteiger partial charge in [-0.25, -0.2) is 4.39 Å². The molecule has 1 aromatic carbocycles. The van der Waals surface area contributed by atoms with Crippen LogP contribution in [0.25, 0.3) is 0 Å². The van der Waals surface area contributed by atoms with E-state index in [0.29, 0.717) is 38.8 Å². The second-order valence-corrected chi connectivity index (χ2v) is 12.0. The van der Waals surface area contributed by atoms with Crippen LogP contribution in [0.5, 0.6) is 0 Å². The van der Waals surface area contributed by atoms with Crippen LogP contribution < -0.4 is 4.90 Å². The van der Waals surface area contributed by atoms with Gasteiger partial charge in [0.25, 0.3) is 0 Å². The molecule has 2 saturated carbocycles. The van der Waals surface area contributed by atoms with Crippen LogP contribution in [-0.2, 0) is 19.1 Å². The van der Waals surface area contributed by atoms with E-state index in [4.69, 9.17) is 4.74 Å². The molecule has 0 amide bonds. The maximum absolute atomic E-state index is 17.5. The van der Waals surface area contributed by atoms with Gasteiger partial charge in [-0.05, 0) is 81.1 Å². The van der Waals surface area contributed by atoms with Crippen molar-refractivity contribution in [3.63, 3.8) is 0 Å². The van der Waals surface area contributed by atoms with Crippen LogP contribution in [0.1, 0.15) is 52.9 Å². The number of aliphatic hydroxyl groups excluding tert-OH is 1. The molecule has 1 N–H and O–H groups in total. The fourth-order valence-electron chi connectivity index (χ4n) is 8.06. The van der Waals surface area contributed by atoms with Crippen LogP contribution in [-0.4, -0.2) is 54.1 Å². The third kappa shape index (κ3) is 4.05. The number of carbonyl (C=O) groups is 3. The maximum Gasteiger partial charge on any atom is 0.303 e. The van der Waals surface area contributed by atoms with Crippen molar-refractivity contribution >= 4 is 23.2 Å². The number of halogens is 1. The monoisotopic (exact) mass is 523 g/mol. The summed E-state index contributed by atoms with van der Waals surface area (Å²) in [5, 5.41) is 11.7. The van der Waals surface area contributed by atoms with Gasteiger partial charge in [0.1, 0.15) is 0 Å². The first-order chi connectivity index (χ1) is 18.0. The van der Waals surface area contributed by atoms with E-state index in [-0.39, 0.29) is 36.4 Å². The smallest absolute Gasteiger partial charge is 0.303 e. The highest BCUT2D eigenvalue weighted by Crippen LogP contribution is 2.61. The Hall–Kier alpha value is -2.80. The highest BCUT2D eigenvalue weighted by atomic mass is 19.1. The molecular formula is C31H38FNO5. The Balaban J connectivity index is 1.55. The highest BCUT2D eigenvalue weighted by molar-refractivity contribution is 6.01. The van der Waals surface area contributed by atoms with Gasteiger partial charge >= 0.3 is 5.97 Å². The predicted octanol–water partition coefficient (Wildman–Crippen LogP) is 4.61.